The molecule has 0 aliphatic heterocycles. The van der Waals surface area contributed by atoms with Crippen LogP contribution in [0.5, 0.6) is 0 Å². The lowest BCUT2D eigenvalue weighted by molar-refractivity contribution is 0.341. The molecule has 0 saturated carbocycles. The SMILES string of the molecule is CCS(=O)(=O)C(CC=C(C)CCC=C(C)CCC=C(C)CCC=C(C)CCC=C(C)CCC=C(C)C)C(C)=CCC/C(C)=C/CO. The van der Waals surface area contributed by atoms with Crippen LogP contribution in [0.25, 0.3) is 0 Å². The zero-order valence-corrected chi connectivity index (χ0v) is 32.3. The molecular formula is C42H70O3S. The van der Waals surface area contributed by atoms with Crippen molar-refractivity contribution in [3.8, 4) is 0 Å². The summed E-state index contributed by atoms with van der Waals surface area (Å²) >= 11 is 0. The second-order valence-corrected chi connectivity index (χ2v) is 16.1. The van der Waals surface area contributed by atoms with Crippen molar-refractivity contribution in [2.75, 3.05) is 12.4 Å². The minimum atomic E-state index is -3.18. The van der Waals surface area contributed by atoms with E-state index < -0.39 is 15.1 Å². The van der Waals surface area contributed by atoms with E-state index in [4.69, 9.17) is 5.11 Å². The zero-order chi connectivity index (χ0) is 35.0. The predicted octanol–water partition coefficient (Wildman–Crippen LogP) is 12.4. The van der Waals surface area contributed by atoms with Gasteiger partial charge in [0.2, 0.25) is 0 Å². The van der Waals surface area contributed by atoms with Gasteiger partial charge < -0.3 is 5.11 Å². The Labute approximate surface area is 286 Å². The average Bonchev–Trinajstić information content (AvgIpc) is 2.97. The summed E-state index contributed by atoms with van der Waals surface area (Å²) in [5.74, 6) is 0.153. The molecule has 0 spiro atoms. The molecule has 1 N–H and O–H groups in total. The standard InChI is InChI=1S/C42H70O3S/c1-11-46(44,45)42(41(10)29-17-28-40(9)32-33-43)31-30-39(8)27-16-26-38(7)25-15-24-37(6)23-14-22-36(5)21-13-20-35(4)19-12-18-34(2)3/h18,20,22,24,26,29-30,32,42-43H,11-17,19,21,23,25,27-28,31,33H2,1-10H3/b35-20?,36-22?,37-24?,38-26?,39-30?,40-32+,41-29?. The number of hydrogen-bond donors (Lipinski definition) is 1. The molecule has 0 saturated heterocycles. The van der Waals surface area contributed by atoms with E-state index in [9.17, 15) is 8.42 Å². The third-order valence-corrected chi connectivity index (χ3v) is 10.9. The van der Waals surface area contributed by atoms with Gasteiger partial charge in [-0.15, -0.1) is 0 Å². The predicted molar refractivity (Wildman–Crippen MR) is 206 cm³/mol. The maximum absolute atomic E-state index is 12.9. The maximum atomic E-state index is 12.9. The fourth-order valence-corrected chi connectivity index (χ4v) is 6.78. The molecule has 0 fully saturated rings. The summed E-state index contributed by atoms with van der Waals surface area (Å²) in [4.78, 5) is 0. The summed E-state index contributed by atoms with van der Waals surface area (Å²) in [6, 6.07) is 0. The van der Waals surface area contributed by atoms with Crippen LogP contribution in [0, 0.1) is 0 Å². The molecule has 0 radical (unpaired) electrons. The number of aliphatic hydroxyl groups excluding tert-OH is 1. The van der Waals surface area contributed by atoms with Gasteiger partial charge in [0.15, 0.2) is 9.84 Å². The highest BCUT2D eigenvalue weighted by atomic mass is 32.2. The van der Waals surface area contributed by atoms with Gasteiger partial charge in [0, 0.05) is 5.75 Å². The van der Waals surface area contributed by atoms with E-state index in [-0.39, 0.29) is 12.4 Å². The summed E-state index contributed by atoms with van der Waals surface area (Å²) in [5, 5.41) is 8.59. The Morgan fingerprint density at radius 1 is 0.500 bits per heavy atom. The molecule has 3 nitrogen and oxygen atoms in total. The molecule has 0 aromatic carbocycles. The van der Waals surface area contributed by atoms with Crippen LogP contribution >= 0.6 is 0 Å². The maximum Gasteiger partial charge on any atom is 0.157 e. The Morgan fingerprint density at radius 2 is 0.826 bits per heavy atom. The van der Waals surface area contributed by atoms with Crippen molar-refractivity contribution in [2.24, 2.45) is 0 Å². The lowest BCUT2D eigenvalue weighted by atomic mass is 10.0. The quantitative estimate of drug-likeness (QED) is 0.105. The summed E-state index contributed by atoms with van der Waals surface area (Å²) in [7, 11) is -3.18. The van der Waals surface area contributed by atoms with Crippen LogP contribution in [0.1, 0.15) is 153 Å². The molecule has 0 aliphatic rings. The molecule has 0 aromatic heterocycles. The first-order valence-electron chi connectivity index (χ1n) is 17.8. The fourth-order valence-electron chi connectivity index (χ4n) is 5.33. The Morgan fingerprint density at radius 3 is 1.17 bits per heavy atom. The Kier molecular flexibility index (Phi) is 24.6. The summed E-state index contributed by atoms with van der Waals surface area (Å²) < 4.78 is 25.7. The van der Waals surface area contributed by atoms with E-state index in [1.54, 1.807) is 13.0 Å². The van der Waals surface area contributed by atoms with E-state index in [2.05, 4.69) is 91.0 Å². The second-order valence-electron chi connectivity index (χ2n) is 13.6. The molecular weight excluding hydrogens is 585 g/mol. The van der Waals surface area contributed by atoms with Crippen LogP contribution in [-0.2, 0) is 9.84 Å². The number of allylic oxidation sites excluding steroid dienone is 14. The summed E-state index contributed by atoms with van der Waals surface area (Å²) in [6.45, 7) is 21.2. The van der Waals surface area contributed by atoms with E-state index in [0.29, 0.717) is 6.42 Å². The summed E-state index contributed by atoms with van der Waals surface area (Å²) in [6.07, 6.45) is 31.0. The second kappa shape index (κ2) is 25.9. The molecule has 0 aliphatic carbocycles. The monoisotopic (exact) mass is 655 g/mol. The normalized spacial score (nSPS) is 15.4. The van der Waals surface area contributed by atoms with Crippen molar-refractivity contribution in [3.63, 3.8) is 0 Å². The van der Waals surface area contributed by atoms with Crippen LogP contribution in [0.4, 0.5) is 0 Å². The third kappa shape index (κ3) is 23.2. The number of hydrogen-bond acceptors (Lipinski definition) is 3. The lowest BCUT2D eigenvalue weighted by Gasteiger charge is -2.17. The minimum absolute atomic E-state index is 0.0469. The highest BCUT2D eigenvalue weighted by molar-refractivity contribution is 7.92. The van der Waals surface area contributed by atoms with Crippen molar-refractivity contribution >= 4 is 9.84 Å². The Bertz CT molecular complexity index is 1230. The van der Waals surface area contributed by atoms with Crippen molar-refractivity contribution in [1.82, 2.24) is 0 Å². The largest absolute Gasteiger partial charge is 0.392 e. The van der Waals surface area contributed by atoms with Crippen molar-refractivity contribution in [2.45, 2.75) is 158 Å². The van der Waals surface area contributed by atoms with Gasteiger partial charge in [0.05, 0.1) is 11.9 Å². The highest BCUT2D eigenvalue weighted by Gasteiger charge is 2.24. The molecule has 0 heterocycles. The number of sulfone groups is 1. The van der Waals surface area contributed by atoms with Crippen LogP contribution < -0.4 is 0 Å². The number of aliphatic hydroxyl groups is 1. The topological polar surface area (TPSA) is 54.4 Å². The van der Waals surface area contributed by atoms with Gasteiger partial charge in [0.25, 0.3) is 0 Å². The van der Waals surface area contributed by atoms with Crippen molar-refractivity contribution < 1.29 is 13.5 Å². The summed E-state index contributed by atoms with van der Waals surface area (Å²) in [5.41, 5.74) is 10.6. The van der Waals surface area contributed by atoms with Gasteiger partial charge in [-0.2, -0.15) is 0 Å². The molecule has 1 unspecified atom stereocenters. The van der Waals surface area contributed by atoms with Crippen LogP contribution in [-0.4, -0.2) is 31.1 Å². The first kappa shape index (κ1) is 43.8. The number of rotatable bonds is 24. The van der Waals surface area contributed by atoms with E-state index in [1.165, 1.54) is 39.9 Å². The molecule has 262 valence electrons. The van der Waals surface area contributed by atoms with Crippen LogP contribution in [0.15, 0.2) is 93.2 Å². The Hall–Kier alpha value is -2.17. The molecule has 1 atom stereocenters. The van der Waals surface area contributed by atoms with Gasteiger partial charge >= 0.3 is 0 Å². The van der Waals surface area contributed by atoms with E-state index in [0.717, 1.165) is 81.8 Å². The first-order chi connectivity index (χ1) is 21.7. The van der Waals surface area contributed by atoms with E-state index >= 15 is 0 Å². The van der Waals surface area contributed by atoms with Gasteiger partial charge in [-0.25, -0.2) is 8.42 Å². The smallest absolute Gasteiger partial charge is 0.157 e. The van der Waals surface area contributed by atoms with Crippen molar-refractivity contribution in [3.05, 3.63) is 93.2 Å². The van der Waals surface area contributed by atoms with Gasteiger partial charge in [-0.05, 0) is 146 Å². The van der Waals surface area contributed by atoms with Crippen LogP contribution in [0.2, 0.25) is 0 Å². The molecule has 46 heavy (non-hydrogen) atoms. The van der Waals surface area contributed by atoms with Gasteiger partial charge in [0.1, 0.15) is 0 Å². The minimum Gasteiger partial charge on any atom is -0.392 e. The lowest BCUT2D eigenvalue weighted by Crippen LogP contribution is -2.24. The molecule has 4 heteroatoms. The molecule has 0 amide bonds. The Balaban J connectivity index is 4.67. The average molecular weight is 655 g/mol. The molecule has 0 bridgehead atoms. The molecule has 0 aromatic rings. The molecule has 0 rings (SSSR count). The van der Waals surface area contributed by atoms with Crippen molar-refractivity contribution in [1.29, 1.82) is 0 Å². The van der Waals surface area contributed by atoms with Gasteiger partial charge in [-0.3, -0.25) is 0 Å². The zero-order valence-electron chi connectivity index (χ0n) is 31.5. The van der Waals surface area contributed by atoms with E-state index in [1.807, 2.05) is 13.8 Å². The van der Waals surface area contributed by atoms with Gasteiger partial charge in [-0.1, -0.05) is 100 Å². The van der Waals surface area contributed by atoms with Crippen LogP contribution in [0.3, 0.4) is 0 Å². The third-order valence-electron chi connectivity index (χ3n) is 8.69. The fraction of sp³-hybridized carbons (Fsp3) is 0.619. The first-order valence-corrected chi connectivity index (χ1v) is 19.5. The highest BCUT2D eigenvalue weighted by Crippen LogP contribution is 2.22.